The molecule has 0 radical (unpaired) electrons. The van der Waals surface area contributed by atoms with Gasteiger partial charge in [-0.25, -0.2) is 9.59 Å². The van der Waals surface area contributed by atoms with Gasteiger partial charge in [0.2, 0.25) is 5.66 Å². The van der Waals surface area contributed by atoms with Gasteiger partial charge >= 0.3 is 12.1 Å². The molecule has 0 aromatic carbocycles. The number of urea groups is 2. The number of carbonyl (C=O) groups excluding carboxylic acids is 3. The molecule has 1 aliphatic heterocycles. The Hall–Kier alpha value is -1.87. The molecule has 9 nitrogen and oxygen atoms in total. The molecule has 5 amide bonds. The second-order valence-electron chi connectivity index (χ2n) is 2.84. The van der Waals surface area contributed by atoms with E-state index in [0.717, 1.165) is 0 Å². The van der Waals surface area contributed by atoms with Crippen LogP contribution in [-0.4, -0.2) is 52.1 Å². The molecule has 0 spiro atoms. The highest BCUT2D eigenvalue weighted by Gasteiger charge is 2.53. The predicted molar refractivity (Wildman–Crippen MR) is 45.0 cm³/mol. The number of nitrogens with zero attached hydrogens (tertiary/aromatic N) is 1. The molecular formula is C6H10N4O5. The molecule has 1 saturated heterocycles. The zero-order chi connectivity index (χ0) is 11.6. The third-order valence-corrected chi connectivity index (χ3v) is 2.00. The predicted octanol–water partition coefficient (Wildman–Crippen LogP) is -3.16. The van der Waals surface area contributed by atoms with Gasteiger partial charge in [0.1, 0.15) is 6.73 Å². The van der Waals surface area contributed by atoms with Gasteiger partial charge in [-0.05, 0) is 0 Å². The number of aliphatic hydroxyl groups is 2. The zero-order valence-electron chi connectivity index (χ0n) is 7.56. The Kier molecular flexibility index (Phi) is 2.77. The quantitative estimate of drug-likeness (QED) is 0.317. The van der Waals surface area contributed by atoms with E-state index < -0.39 is 37.0 Å². The monoisotopic (exact) mass is 218 g/mol. The molecule has 1 rings (SSSR count). The lowest BCUT2D eigenvalue weighted by Crippen LogP contribution is -2.65. The molecule has 0 aromatic heterocycles. The minimum atomic E-state index is -2.03. The van der Waals surface area contributed by atoms with E-state index in [-0.39, 0.29) is 0 Å². The average molecular weight is 218 g/mol. The van der Waals surface area contributed by atoms with Crippen LogP contribution in [0.5, 0.6) is 0 Å². The molecule has 0 aromatic rings. The van der Waals surface area contributed by atoms with E-state index in [1.165, 1.54) is 0 Å². The normalized spacial score (nSPS) is 25.3. The number of primary amides is 1. The maximum absolute atomic E-state index is 11.3. The van der Waals surface area contributed by atoms with Crippen LogP contribution in [0.15, 0.2) is 0 Å². The Labute approximate surface area is 83.8 Å². The number of rotatable bonds is 3. The SMILES string of the molecule is NC(=O)NC1(CO)C(=O)NC(=O)N1CO. The van der Waals surface area contributed by atoms with Crippen molar-refractivity contribution in [2.24, 2.45) is 5.73 Å². The van der Waals surface area contributed by atoms with Gasteiger partial charge in [0.25, 0.3) is 5.91 Å². The number of hydrogen-bond acceptors (Lipinski definition) is 5. The van der Waals surface area contributed by atoms with Crippen LogP contribution >= 0.6 is 0 Å². The molecular weight excluding hydrogens is 208 g/mol. The Morgan fingerprint density at radius 2 is 2.13 bits per heavy atom. The minimum Gasteiger partial charge on any atom is -0.391 e. The van der Waals surface area contributed by atoms with Gasteiger partial charge < -0.3 is 21.3 Å². The summed E-state index contributed by atoms with van der Waals surface area (Å²) in [7, 11) is 0. The summed E-state index contributed by atoms with van der Waals surface area (Å²) < 4.78 is 0. The van der Waals surface area contributed by atoms with E-state index in [1.807, 2.05) is 10.6 Å². The maximum atomic E-state index is 11.3. The first kappa shape index (κ1) is 11.2. The van der Waals surface area contributed by atoms with Crippen molar-refractivity contribution in [3.8, 4) is 0 Å². The van der Waals surface area contributed by atoms with Crippen LogP contribution in [0, 0.1) is 0 Å². The maximum Gasteiger partial charge on any atom is 0.328 e. The van der Waals surface area contributed by atoms with Crippen molar-refractivity contribution in [2.75, 3.05) is 13.3 Å². The van der Waals surface area contributed by atoms with Crippen LogP contribution in [0.25, 0.3) is 0 Å². The lowest BCUT2D eigenvalue weighted by atomic mass is 10.1. The van der Waals surface area contributed by atoms with Crippen LogP contribution in [-0.2, 0) is 4.79 Å². The van der Waals surface area contributed by atoms with Gasteiger partial charge in [-0.3, -0.25) is 15.0 Å². The molecule has 84 valence electrons. The number of carbonyl (C=O) groups is 3. The second-order valence-corrected chi connectivity index (χ2v) is 2.84. The fourth-order valence-corrected chi connectivity index (χ4v) is 1.27. The minimum absolute atomic E-state index is 0.556. The highest BCUT2D eigenvalue weighted by molar-refractivity contribution is 6.08. The number of nitrogens with one attached hydrogen (secondary N) is 2. The molecule has 6 N–H and O–H groups in total. The van der Waals surface area contributed by atoms with E-state index >= 15 is 0 Å². The van der Waals surface area contributed by atoms with Crippen molar-refractivity contribution in [3.05, 3.63) is 0 Å². The van der Waals surface area contributed by atoms with E-state index in [2.05, 4.69) is 0 Å². The van der Waals surface area contributed by atoms with Crippen molar-refractivity contribution in [2.45, 2.75) is 5.66 Å². The highest BCUT2D eigenvalue weighted by atomic mass is 16.3. The number of nitrogens with two attached hydrogens (primary N) is 1. The summed E-state index contributed by atoms with van der Waals surface area (Å²) in [4.78, 5) is 33.6. The summed E-state index contributed by atoms with van der Waals surface area (Å²) in [5.41, 5.74) is 2.77. The molecule has 0 aliphatic carbocycles. The van der Waals surface area contributed by atoms with Crippen LogP contribution in [0.2, 0.25) is 0 Å². The zero-order valence-corrected chi connectivity index (χ0v) is 7.56. The van der Waals surface area contributed by atoms with Crippen LogP contribution in [0.1, 0.15) is 0 Å². The molecule has 15 heavy (non-hydrogen) atoms. The van der Waals surface area contributed by atoms with E-state index in [0.29, 0.717) is 4.90 Å². The van der Waals surface area contributed by atoms with Gasteiger partial charge in [-0.2, -0.15) is 0 Å². The standard InChI is InChI=1S/C6H10N4O5/c7-4(14)9-6(1-11)3(13)8-5(15)10(6)2-12/h11-12H,1-2H2,(H3,7,9,14)(H,8,13,15). The molecule has 1 fully saturated rings. The lowest BCUT2D eigenvalue weighted by Gasteiger charge is -2.31. The molecule has 1 atom stereocenters. The van der Waals surface area contributed by atoms with Gasteiger partial charge in [0.05, 0.1) is 6.61 Å². The summed E-state index contributed by atoms with van der Waals surface area (Å²) in [5.74, 6) is -0.956. The molecule has 1 unspecified atom stereocenters. The summed E-state index contributed by atoms with van der Waals surface area (Å²) in [5, 5.41) is 21.6. The van der Waals surface area contributed by atoms with E-state index in [4.69, 9.17) is 15.9 Å². The summed E-state index contributed by atoms with van der Waals surface area (Å²) in [6, 6.07) is -2.03. The molecule has 0 saturated carbocycles. The van der Waals surface area contributed by atoms with Crippen molar-refractivity contribution in [1.29, 1.82) is 0 Å². The smallest absolute Gasteiger partial charge is 0.328 e. The number of aliphatic hydroxyl groups excluding tert-OH is 2. The van der Waals surface area contributed by atoms with E-state index in [9.17, 15) is 14.4 Å². The summed E-state index contributed by atoms with van der Waals surface area (Å²) in [6.07, 6.45) is 0. The van der Waals surface area contributed by atoms with Crippen LogP contribution in [0.3, 0.4) is 0 Å². The third kappa shape index (κ3) is 1.57. The molecule has 0 bridgehead atoms. The fourth-order valence-electron chi connectivity index (χ4n) is 1.27. The first-order chi connectivity index (χ1) is 6.97. The van der Waals surface area contributed by atoms with Gasteiger partial charge in [-0.15, -0.1) is 0 Å². The molecule has 9 heteroatoms. The topological polar surface area (TPSA) is 145 Å². The molecule has 1 aliphatic rings. The van der Waals surface area contributed by atoms with Crippen LogP contribution in [0.4, 0.5) is 9.59 Å². The van der Waals surface area contributed by atoms with Gasteiger partial charge in [-0.1, -0.05) is 0 Å². The van der Waals surface area contributed by atoms with Crippen molar-refractivity contribution >= 4 is 18.0 Å². The Morgan fingerprint density at radius 3 is 2.53 bits per heavy atom. The van der Waals surface area contributed by atoms with Crippen molar-refractivity contribution < 1.29 is 24.6 Å². The number of amides is 5. The second kappa shape index (κ2) is 3.71. The van der Waals surface area contributed by atoms with Crippen LogP contribution < -0.4 is 16.4 Å². The third-order valence-electron chi connectivity index (χ3n) is 2.00. The average Bonchev–Trinajstić information content (AvgIpc) is 2.37. The van der Waals surface area contributed by atoms with Crippen molar-refractivity contribution in [1.82, 2.24) is 15.5 Å². The fraction of sp³-hybridized carbons (Fsp3) is 0.500. The number of imide groups is 1. The lowest BCUT2D eigenvalue weighted by molar-refractivity contribution is -0.131. The largest absolute Gasteiger partial charge is 0.391 e. The van der Waals surface area contributed by atoms with Gasteiger partial charge in [0, 0.05) is 0 Å². The van der Waals surface area contributed by atoms with Gasteiger partial charge in [0.15, 0.2) is 0 Å². The Bertz CT molecular complexity index is 319. The Morgan fingerprint density at radius 1 is 1.53 bits per heavy atom. The highest BCUT2D eigenvalue weighted by Crippen LogP contribution is 2.17. The first-order valence-corrected chi connectivity index (χ1v) is 3.90. The summed E-state index contributed by atoms with van der Waals surface area (Å²) >= 11 is 0. The van der Waals surface area contributed by atoms with Crippen molar-refractivity contribution in [3.63, 3.8) is 0 Å². The summed E-state index contributed by atoms with van der Waals surface area (Å²) in [6.45, 7) is -1.74. The number of hydrogen-bond donors (Lipinski definition) is 5. The van der Waals surface area contributed by atoms with E-state index in [1.54, 1.807) is 0 Å². The first-order valence-electron chi connectivity index (χ1n) is 3.90. The Balaban J connectivity index is 3.08. The molecule has 1 heterocycles.